The Labute approximate surface area is 118 Å². The van der Waals surface area contributed by atoms with Gasteiger partial charge in [0.25, 0.3) is 0 Å². The number of hydrogen-bond donors (Lipinski definition) is 0. The van der Waals surface area contributed by atoms with Crippen molar-refractivity contribution in [2.75, 3.05) is 0 Å². The van der Waals surface area contributed by atoms with Gasteiger partial charge in [-0.05, 0) is 25.1 Å². The number of nitrogens with zero attached hydrogens (tertiary/aromatic N) is 5. The van der Waals surface area contributed by atoms with Crippen molar-refractivity contribution >= 4 is 11.0 Å². The molecule has 5 nitrogen and oxygen atoms in total. The number of halogens is 2. The molecule has 0 unspecified atom stereocenters. The van der Waals surface area contributed by atoms with Crippen molar-refractivity contribution in [3.8, 4) is 6.07 Å². The Bertz CT molecular complexity index is 879. The monoisotopic (exact) mass is 285 g/mol. The van der Waals surface area contributed by atoms with Crippen LogP contribution >= 0.6 is 0 Å². The van der Waals surface area contributed by atoms with Gasteiger partial charge in [0.15, 0.2) is 11.3 Å². The molecule has 7 heteroatoms. The highest BCUT2D eigenvalue weighted by atomic mass is 19.1. The van der Waals surface area contributed by atoms with Gasteiger partial charge in [-0.25, -0.2) is 18.4 Å². The maximum Gasteiger partial charge on any atom is 0.172 e. The number of pyridine rings is 2. The number of aryl methyl sites for hydroxylation is 1. The zero-order chi connectivity index (χ0) is 15.0. The van der Waals surface area contributed by atoms with E-state index in [1.54, 1.807) is 0 Å². The third-order valence-electron chi connectivity index (χ3n) is 3.09. The number of aromatic nitrogens is 4. The van der Waals surface area contributed by atoms with Gasteiger partial charge in [-0.15, -0.1) is 0 Å². The molecule has 3 rings (SSSR count). The third-order valence-corrected chi connectivity index (χ3v) is 3.09. The second kappa shape index (κ2) is 4.90. The van der Waals surface area contributed by atoms with Gasteiger partial charge in [0, 0.05) is 6.20 Å². The molecule has 0 aliphatic carbocycles. The van der Waals surface area contributed by atoms with E-state index >= 15 is 0 Å². The second-order valence-electron chi connectivity index (χ2n) is 4.48. The summed E-state index contributed by atoms with van der Waals surface area (Å²) in [5.41, 5.74) is 0.744. The molecule has 0 aliphatic heterocycles. The van der Waals surface area contributed by atoms with Crippen molar-refractivity contribution in [3.63, 3.8) is 0 Å². The lowest BCUT2D eigenvalue weighted by Crippen LogP contribution is -2.07. The molecular weight excluding hydrogens is 276 g/mol. The fourth-order valence-electron chi connectivity index (χ4n) is 2.03. The predicted molar refractivity (Wildman–Crippen MR) is 70.2 cm³/mol. The zero-order valence-electron chi connectivity index (χ0n) is 11.0. The minimum atomic E-state index is -0.512. The molecule has 21 heavy (non-hydrogen) atoms. The van der Waals surface area contributed by atoms with Crippen LogP contribution in [0.2, 0.25) is 0 Å². The number of hydrogen-bond acceptors (Lipinski definition) is 4. The third kappa shape index (κ3) is 2.21. The zero-order valence-corrected chi connectivity index (χ0v) is 11.0. The Hall–Kier alpha value is -2.88. The molecule has 104 valence electrons. The van der Waals surface area contributed by atoms with Crippen molar-refractivity contribution in [1.82, 2.24) is 19.7 Å². The average Bonchev–Trinajstić information content (AvgIpc) is 2.79. The molecule has 0 saturated heterocycles. The van der Waals surface area contributed by atoms with E-state index in [-0.39, 0.29) is 23.6 Å². The fourth-order valence-corrected chi connectivity index (χ4v) is 2.03. The highest BCUT2D eigenvalue weighted by Crippen LogP contribution is 2.20. The topological polar surface area (TPSA) is 67.4 Å². The van der Waals surface area contributed by atoms with E-state index in [0.717, 1.165) is 0 Å². The van der Waals surface area contributed by atoms with Crippen LogP contribution in [0, 0.1) is 29.9 Å². The van der Waals surface area contributed by atoms with Gasteiger partial charge >= 0.3 is 0 Å². The van der Waals surface area contributed by atoms with Crippen LogP contribution in [-0.2, 0) is 6.54 Å². The predicted octanol–water partition coefficient (Wildman–Crippen LogP) is 2.33. The van der Waals surface area contributed by atoms with Crippen molar-refractivity contribution in [1.29, 1.82) is 5.26 Å². The molecule has 0 aromatic carbocycles. The van der Waals surface area contributed by atoms with Gasteiger partial charge in [0.2, 0.25) is 0 Å². The summed E-state index contributed by atoms with van der Waals surface area (Å²) in [5, 5.41) is 13.4. The van der Waals surface area contributed by atoms with Gasteiger partial charge in [0.1, 0.15) is 17.7 Å². The van der Waals surface area contributed by atoms with Crippen LogP contribution < -0.4 is 0 Å². The van der Waals surface area contributed by atoms with Crippen molar-refractivity contribution in [3.05, 3.63) is 53.1 Å². The van der Waals surface area contributed by atoms with Crippen molar-refractivity contribution in [2.45, 2.75) is 13.5 Å². The first-order valence-corrected chi connectivity index (χ1v) is 6.13. The molecule has 0 atom stereocenters. The summed E-state index contributed by atoms with van der Waals surface area (Å²) in [4.78, 5) is 8.03. The number of rotatable bonds is 2. The molecule has 3 heterocycles. The largest absolute Gasteiger partial charge is 0.256 e. The van der Waals surface area contributed by atoms with E-state index in [1.165, 1.54) is 36.0 Å². The van der Waals surface area contributed by atoms with Crippen LogP contribution in [0.25, 0.3) is 11.0 Å². The van der Waals surface area contributed by atoms with Crippen LogP contribution in [0.4, 0.5) is 8.78 Å². The van der Waals surface area contributed by atoms with Crippen LogP contribution in [0.5, 0.6) is 0 Å². The van der Waals surface area contributed by atoms with Gasteiger partial charge in [-0.2, -0.15) is 10.4 Å². The van der Waals surface area contributed by atoms with Crippen LogP contribution in [0.1, 0.15) is 17.1 Å². The Balaban J connectivity index is 2.17. The SMILES string of the molecule is Cc1nc2c(cc1F)c(C#N)nn2Cc1ncccc1F. The molecular formula is C14H9F2N5. The summed E-state index contributed by atoms with van der Waals surface area (Å²) in [6.07, 6.45) is 1.47. The summed E-state index contributed by atoms with van der Waals surface area (Å²) >= 11 is 0. The van der Waals surface area contributed by atoms with Crippen LogP contribution in [-0.4, -0.2) is 19.7 Å². The normalized spacial score (nSPS) is 10.8. The molecule has 3 aromatic heterocycles. The molecule has 0 fully saturated rings. The van der Waals surface area contributed by atoms with Crippen LogP contribution in [0.15, 0.2) is 24.4 Å². The first-order valence-electron chi connectivity index (χ1n) is 6.13. The average molecular weight is 285 g/mol. The molecule has 3 aromatic rings. The first kappa shape index (κ1) is 13.1. The van der Waals surface area contributed by atoms with E-state index < -0.39 is 11.6 Å². The standard InChI is InChI=1S/C14H9F2N5/c1-8-11(16)5-9-12(6-17)20-21(14(9)19-8)7-13-10(15)3-2-4-18-13/h2-5H,7H2,1H3. The highest BCUT2D eigenvalue weighted by Gasteiger charge is 2.16. The number of fused-ring (bicyclic) bond motifs is 1. The summed E-state index contributed by atoms with van der Waals surface area (Å²) in [6.45, 7) is 1.53. The molecule has 0 aliphatic rings. The Morgan fingerprint density at radius 3 is 2.86 bits per heavy atom. The van der Waals surface area contributed by atoms with Crippen molar-refractivity contribution in [2.24, 2.45) is 0 Å². The van der Waals surface area contributed by atoms with Gasteiger partial charge in [-0.3, -0.25) is 4.98 Å². The molecule has 0 amide bonds. The summed E-state index contributed by atoms with van der Waals surface area (Å²) in [7, 11) is 0. The molecule has 0 radical (unpaired) electrons. The quantitative estimate of drug-likeness (QED) is 0.724. The lowest BCUT2D eigenvalue weighted by molar-refractivity contribution is 0.573. The maximum atomic E-state index is 13.7. The van der Waals surface area contributed by atoms with E-state index in [2.05, 4.69) is 15.1 Å². The molecule has 0 spiro atoms. The summed E-state index contributed by atoms with van der Waals surface area (Å²) in [6, 6.07) is 5.88. The Morgan fingerprint density at radius 1 is 1.33 bits per heavy atom. The van der Waals surface area contributed by atoms with Gasteiger partial charge < -0.3 is 0 Å². The van der Waals surface area contributed by atoms with E-state index in [4.69, 9.17) is 5.26 Å². The van der Waals surface area contributed by atoms with Crippen molar-refractivity contribution < 1.29 is 8.78 Å². The van der Waals surface area contributed by atoms with E-state index in [9.17, 15) is 8.78 Å². The van der Waals surface area contributed by atoms with E-state index in [1.807, 2.05) is 6.07 Å². The van der Waals surface area contributed by atoms with Crippen LogP contribution in [0.3, 0.4) is 0 Å². The van der Waals surface area contributed by atoms with Gasteiger partial charge in [-0.1, -0.05) is 0 Å². The second-order valence-corrected chi connectivity index (χ2v) is 4.48. The summed E-state index contributed by atoms with van der Waals surface area (Å²) < 4.78 is 28.6. The lowest BCUT2D eigenvalue weighted by atomic mass is 10.2. The Morgan fingerprint density at radius 2 is 2.14 bits per heavy atom. The van der Waals surface area contributed by atoms with E-state index in [0.29, 0.717) is 11.0 Å². The minimum Gasteiger partial charge on any atom is -0.256 e. The van der Waals surface area contributed by atoms with Gasteiger partial charge in [0.05, 0.1) is 23.3 Å². The first-order chi connectivity index (χ1) is 10.1. The highest BCUT2D eigenvalue weighted by molar-refractivity contribution is 5.81. The number of nitriles is 1. The molecule has 0 saturated carbocycles. The summed E-state index contributed by atoms with van der Waals surface area (Å²) in [5.74, 6) is -0.985. The molecule has 0 N–H and O–H groups in total. The maximum absolute atomic E-state index is 13.7. The smallest absolute Gasteiger partial charge is 0.172 e. The Kier molecular flexibility index (Phi) is 3.06. The minimum absolute atomic E-state index is 0.0168. The molecule has 0 bridgehead atoms. The fraction of sp³-hybridized carbons (Fsp3) is 0.143. The lowest BCUT2D eigenvalue weighted by Gasteiger charge is -2.04.